The first-order valence-electron chi connectivity index (χ1n) is 9.42. The minimum absolute atomic E-state index is 0.980. The lowest BCUT2D eigenvalue weighted by atomic mass is 9.97. The van der Waals surface area contributed by atoms with Crippen LogP contribution in [0.15, 0.2) is 83.3 Å². The normalized spacial score (nSPS) is 12.5. The van der Waals surface area contributed by atoms with Crippen molar-refractivity contribution in [3.8, 4) is 22.3 Å². The van der Waals surface area contributed by atoms with Gasteiger partial charge in [0, 0.05) is 16.3 Å². The molecule has 1 heteroatoms. The van der Waals surface area contributed by atoms with Crippen LogP contribution in [0.3, 0.4) is 0 Å². The summed E-state index contributed by atoms with van der Waals surface area (Å²) in [6.45, 7) is 2.11. The van der Waals surface area contributed by atoms with Crippen molar-refractivity contribution < 1.29 is 4.42 Å². The van der Waals surface area contributed by atoms with Crippen molar-refractivity contribution in [2.75, 3.05) is 0 Å². The smallest absolute Gasteiger partial charge is 0.143 e. The van der Waals surface area contributed by atoms with Crippen LogP contribution in [0.4, 0.5) is 0 Å². The number of furan rings is 1. The van der Waals surface area contributed by atoms with Crippen LogP contribution < -0.4 is 0 Å². The number of hydrogen-bond acceptors (Lipinski definition) is 1. The molecule has 1 aliphatic carbocycles. The van der Waals surface area contributed by atoms with E-state index >= 15 is 0 Å². The van der Waals surface area contributed by atoms with E-state index in [-0.39, 0.29) is 0 Å². The molecule has 5 aromatic rings. The predicted octanol–water partition coefficient (Wildman–Crippen LogP) is 7.13. The quantitative estimate of drug-likeness (QED) is 0.308. The van der Waals surface area contributed by atoms with E-state index in [2.05, 4.69) is 85.8 Å². The van der Waals surface area contributed by atoms with E-state index in [4.69, 9.17) is 4.42 Å². The van der Waals surface area contributed by atoms with Crippen LogP contribution in [0.1, 0.15) is 16.7 Å². The maximum atomic E-state index is 6.36. The van der Waals surface area contributed by atoms with Crippen LogP contribution in [0, 0.1) is 6.92 Å². The van der Waals surface area contributed by atoms with E-state index in [1.165, 1.54) is 44.2 Å². The zero-order chi connectivity index (χ0) is 18.0. The Morgan fingerprint density at radius 2 is 1.37 bits per heavy atom. The molecule has 128 valence electrons. The van der Waals surface area contributed by atoms with Gasteiger partial charge in [-0.05, 0) is 52.8 Å². The van der Waals surface area contributed by atoms with Gasteiger partial charge in [-0.1, -0.05) is 72.8 Å². The Hall–Kier alpha value is -3.32. The Bertz CT molecular complexity index is 1350. The van der Waals surface area contributed by atoms with E-state index in [0.29, 0.717) is 0 Å². The number of hydrogen-bond donors (Lipinski definition) is 0. The van der Waals surface area contributed by atoms with E-state index in [9.17, 15) is 0 Å². The molecule has 1 aromatic heterocycles. The molecule has 1 aliphatic rings. The molecular formula is C26H18O. The lowest BCUT2D eigenvalue weighted by Crippen LogP contribution is -1.83. The molecule has 0 amide bonds. The van der Waals surface area contributed by atoms with E-state index < -0.39 is 0 Å². The maximum absolute atomic E-state index is 6.36. The summed E-state index contributed by atoms with van der Waals surface area (Å²) in [6.07, 6.45) is 1.03. The van der Waals surface area contributed by atoms with E-state index in [1.807, 2.05) is 0 Å². The maximum Gasteiger partial charge on any atom is 0.143 e. The topological polar surface area (TPSA) is 13.1 Å². The first-order chi connectivity index (χ1) is 13.3. The lowest BCUT2D eigenvalue weighted by Gasteiger charge is -2.07. The van der Waals surface area contributed by atoms with Gasteiger partial charge in [-0.3, -0.25) is 0 Å². The summed E-state index contributed by atoms with van der Waals surface area (Å²) < 4.78 is 6.36. The fourth-order valence-corrected chi connectivity index (χ4v) is 4.48. The number of para-hydroxylation sites is 2. The van der Waals surface area contributed by atoms with Gasteiger partial charge in [0.2, 0.25) is 0 Å². The predicted molar refractivity (Wildman–Crippen MR) is 112 cm³/mol. The fraction of sp³-hybridized carbons (Fsp3) is 0.0769. The van der Waals surface area contributed by atoms with Crippen LogP contribution in [-0.2, 0) is 6.42 Å². The molecule has 0 bridgehead atoms. The standard InChI is InChI=1S/C26H18O/c1-16-6-4-10-22-23-11-5-9-21(26(23)27-25(16)22)19-13-12-18-14-17-7-2-3-8-20(17)24(18)15-19/h2-13,15H,14H2,1H3. The first kappa shape index (κ1) is 14.8. The van der Waals surface area contributed by atoms with Crippen LogP contribution in [0.25, 0.3) is 44.2 Å². The SMILES string of the molecule is Cc1cccc2c1oc1c(-c3ccc4c(c3)-c3ccccc3C4)cccc12. The number of rotatable bonds is 1. The Balaban J connectivity index is 1.62. The van der Waals surface area contributed by atoms with Crippen LogP contribution in [0.5, 0.6) is 0 Å². The van der Waals surface area contributed by atoms with Gasteiger partial charge >= 0.3 is 0 Å². The summed E-state index contributed by atoms with van der Waals surface area (Å²) in [5.74, 6) is 0. The molecule has 0 saturated heterocycles. The average molecular weight is 346 g/mol. The third kappa shape index (κ3) is 2.06. The highest BCUT2D eigenvalue weighted by atomic mass is 16.3. The molecular weight excluding hydrogens is 328 g/mol. The highest BCUT2D eigenvalue weighted by molar-refractivity contribution is 6.10. The van der Waals surface area contributed by atoms with Gasteiger partial charge in [-0.2, -0.15) is 0 Å². The second-order valence-corrected chi connectivity index (χ2v) is 7.44. The molecule has 6 rings (SSSR count). The molecule has 0 saturated carbocycles. The van der Waals surface area contributed by atoms with Gasteiger partial charge in [-0.25, -0.2) is 0 Å². The number of fused-ring (bicyclic) bond motifs is 6. The van der Waals surface area contributed by atoms with Crippen molar-refractivity contribution >= 4 is 21.9 Å². The molecule has 1 heterocycles. The van der Waals surface area contributed by atoms with Crippen molar-refractivity contribution in [3.63, 3.8) is 0 Å². The number of benzene rings is 4. The summed E-state index contributed by atoms with van der Waals surface area (Å²) in [4.78, 5) is 0. The molecule has 0 atom stereocenters. The van der Waals surface area contributed by atoms with Crippen LogP contribution in [0.2, 0.25) is 0 Å². The van der Waals surface area contributed by atoms with E-state index in [1.54, 1.807) is 0 Å². The van der Waals surface area contributed by atoms with Gasteiger partial charge in [-0.15, -0.1) is 0 Å². The second-order valence-electron chi connectivity index (χ2n) is 7.44. The van der Waals surface area contributed by atoms with Crippen molar-refractivity contribution in [3.05, 3.63) is 95.6 Å². The fourth-order valence-electron chi connectivity index (χ4n) is 4.48. The largest absolute Gasteiger partial charge is 0.455 e. The van der Waals surface area contributed by atoms with Crippen molar-refractivity contribution in [1.29, 1.82) is 0 Å². The molecule has 0 N–H and O–H groups in total. The van der Waals surface area contributed by atoms with Crippen LogP contribution in [-0.4, -0.2) is 0 Å². The minimum Gasteiger partial charge on any atom is -0.455 e. The van der Waals surface area contributed by atoms with Gasteiger partial charge in [0.15, 0.2) is 0 Å². The summed E-state index contributed by atoms with van der Waals surface area (Å²) in [7, 11) is 0. The summed E-state index contributed by atoms with van der Waals surface area (Å²) in [5, 5.41) is 2.38. The summed E-state index contributed by atoms with van der Waals surface area (Å²) >= 11 is 0. The summed E-state index contributed by atoms with van der Waals surface area (Å²) in [6, 6.07) is 28.4. The highest BCUT2D eigenvalue weighted by Crippen LogP contribution is 2.41. The Labute approximate surface area is 157 Å². The molecule has 0 fully saturated rings. The van der Waals surface area contributed by atoms with Crippen molar-refractivity contribution in [2.45, 2.75) is 13.3 Å². The first-order valence-corrected chi connectivity index (χ1v) is 9.42. The van der Waals surface area contributed by atoms with Gasteiger partial charge in [0.05, 0.1) is 0 Å². The summed E-state index contributed by atoms with van der Waals surface area (Å²) in [5.41, 5.74) is 11.1. The highest BCUT2D eigenvalue weighted by Gasteiger charge is 2.19. The lowest BCUT2D eigenvalue weighted by molar-refractivity contribution is 0.667. The third-order valence-corrected chi connectivity index (χ3v) is 5.83. The van der Waals surface area contributed by atoms with Crippen molar-refractivity contribution in [2.24, 2.45) is 0 Å². The van der Waals surface area contributed by atoms with Gasteiger partial charge in [0.1, 0.15) is 11.2 Å². The second kappa shape index (κ2) is 5.34. The molecule has 27 heavy (non-hydrogen) atoms. The molecule has 0 unspecified atom stereocenters. The number of aryl methyl sites for hydroxylation is 1. The average Bonchev–Trinajstić information content (AvgIpc) is 3.27. The monoisotopic (exact) mass is 346 g/mol. The van der Waals surface area contributed by atoms with Crippen LogP contribution >= 0.6 is 0 Å². The molecule has 0 spiro atoms. The Morgan fingerprint density at radius 3 is 2.30 bits per heavy atom. The Kier molecular flexibility index (Phi) is 2.93. The Morgan fingerprint density at radius 1 is 0.630 bits per heavy atom. The zero-order valence-electron chi connectivity index (χ0n) is 15.1. The molecule has 0 radical (unpaired) electrons. The van der Waals surface area contributed by atoms with Gasteiger partial charge < -0.3 is 4.42 Å². The van der Waals surface area contributed by atoms with Crippen molar-refractivity contribution in [1.82, 2.24) is 0 Å². The zero-order valence-corrected chi connectivity index (χ0v) is 15.1. The molecule has 1 nitrogen and oxygen atoms in total. The third-order valence-electron chi connectivity index (χ3n) is 5.83. The molecule has 0 aliphatic heterocycles. The van der Waals surface area contributed by atoms with Gasteiger partial charge in [0.25, 0.3) is 0 Å². The molecule has 4 aromatic carbocycles. The minimum atomic E-state index is 0.980. The van der Waals surface area contributed by atoms with E-state index in [0.717, 1.165) is 23.2 Å².